The van der Waals surface area contributed by atoms with Crippen LogP contribution >= 0.6 is 0 Å². The van der Waals surface area contributed by atoms with Crippen LogP contribution in [-0.2, 0) is 26.2 Å². The van der Waals surface area contributed by atoms with E-state index >= 15 is 0 Å². The fourth-order valence-corrected chi connectivity index (χ4v) is 0. The van der Waals surface area contributed by atoms with Gasteiger partial charge in [0, 0.05) is 26.2 Å². The third kappa shape index (κ3) is 19.0. The van der Waals surface area contributed by atoms with Crippen molar-refractivity contribution < 1.29 is 37.2 Å². The maximum absolute atomic E-state index is 0. The predicted octanol–water partition coefficient (Wildman–Crippen LogP) is -3.22. The number of hydrogen-bond donors (Lipinski definition) is 0. The van der Waals surface area contributed by atoms with Crippen LogP contribution in [0.15, 0.2) is 0 Å². The van der Waals surface area contributed by atoms with Crippen LogP contribution in [0.4, 0.5) is 0 Å². The summed E-state index contributed by atoms with van der Waals surface area (Å²) in [7, 11) is 0. The normalized spacial score (nSPS) is 0. The van der Waals surface area contributed by atoms with Crippen LogP contribution < -0.4 is 0 Å². The molecule has 4 N–H and O–H groups in total. The summed E-state index contributed by atoms with van der Waals surface area (Å²) in [4.78, 5) is 0. The van der Waals surface area contributed by atoms with Crippen molar-refractivity contribution in [3.63, 3.8) is 0 Å². The molecule has 0 spiro atoms. The standard InChI is InChI=1S/K.Mg.2H2O.Zr.3H/h;;2*1H2;;;;. The second kappa shape index (κ2) is 27.0. The van der Waals surface area contributed by atoms with Gasteiger partial charge in [-0.15, -0.1) is 0 Å². The third-order valence-corrected chi connectivity index (χ3v) is 0. The van der Waals surface area contributed by atoms with Gasteiger partial charge in [0.25, 0.3) is 0 Å². The Kier molecular flexibility index (Phi) is 224. The van der Waals surface area contributed by atoms with E-state index in [0.717, 1.165) is 0 Å². The van der Waals surface area contributed by atoms with Crippen LogP contribution in [0.25, 0.3) is 0 Å². The summed E-state index contributed by atoms with van der Waals surface area (Å²) in [6.07, 6.45) is 0. The number of hydrogen-bond acceptors (Lipinski definition) is 0. The molecule has 0 saturated heterocycles. The van der Waals surface area contributed by atoms with Crippen LogP contribution in [-0.4, -0.2) is 85.4 Å². The van der Waals surface area contributed by atoms with Crippen molar-refractivity contribution in [1.82, 2.24) is 0 Å². The smallest absolute Gasteiger partial charge is 0 e. The SMILES string of the molecule is O.O.[KH].[MgH2].[Zr]. The Morgan fingerprint density at radius 2 is 0.800 bits per heavy atom. The molecule has 0 amide bonds. The molecule has 0 bridgehead atoms. The Labute approximate surface area is 109 Å². The Morgan fingerprint density at radius 3 is 0.800 bits per heavy atom. The Morgan fingerprint density at radius 1 is 0.800 bits per heavy atom. The summed E-state index contributed by atoms with van der Waals surface area (Å²) in [5, 5.41) is 0. The van der Waals surface area contributed by atoms with Gasteiger partial charge in [-0.1, -0.05) is 0 Å². The molecule has 0 atom stereocenters. The number of rotatable bonds is 0. The molecule has 0 aromatic rings. The van der Waals surface area contributed by atoms with Gasteiger partial charge in [0.1, 0.15) is 0 Å². The Bertz CT molecular complexity index is 9.61. The Balaban J connectivity index is 0. The zero-order valence-electron chi connectivity index (χ0n) is 1.50. The van der Waals surface area contributed by atoms with Gasteiger partial charge in [0.05, 0.1) is 0 Å². The van der Waals surface area contributed by atoms with Crippen molar-refractivity contribution in [2.45, 2.75) is 0 Å². The molecule has 0 aliphatic carbocycles. The minimum Gasteiger partial charge on any atom is 0 e. The molecule has 0 fully saturated rings. The summed E-state index contributed by atoms with van der Waals surface area (Å²) in [6, 6.07) is 0. The topological polar surface area (TPSA) is 63.0 Å². The Hall–Kier alpha value is 3.21. The van der Waals surface area contributed by atoms with Crippen molar-refractivity contribution >= 4 is 74.4 Å². The van der Waals surface area contributed by atoms with Gasteiger partial charge in [0.15, 0.2) is 0 Å². The first-order valence-corrected chi connectivity index (χ1v) is 0. The molecule has 5 heteroatoms. The minimum atomic E-state index is 0. The van der Waals surface area contributed by atoms with E-state index in [0.29, 0.717) is 0 Å². The fourth-order valence-electron chi connectivity index (χ4n) is 0. The van der Waals surface area contributed by atoms with E-state index in [9.17, 15) is 0 Å². The molecular formula is H7KMgO2Zr. The molecule has 0 aliphatic heterocycles. The molecule has 2 nitrogen and oxygen atoms in total. The zero-order valence-corrected chi connectivity index (χ0v) is 3.96. The molecule has 0 unspecified atom stereocenters. The van der Waals surface area contributed by atoms with E-state index in [4.69, 9.17) is 0 Å². The van der Waals surface area contributed by atoms with Crippen LogP contribution in [0.2, 0.25) is 0 Å². The van der Waals surface area contributed by atoms with Crippen LogP contribution in [0.1, 0.15) is 0 Å². The first kappa shape index (κ1) is 41.5. The first-order chi connectivity index (χ1) is 0. The van der Waals surface area contributed by atoms with Crippen molar-refractivity contribution in [3.05, 3.63) is 0 Å². The summed E-state index contributed by atoms with van der Waals surface area (Å²) in [5.74, 6) is 0. The van der Waals surface area contributed by atoms with Gasteiger partial charge in [-0.3, -0.25) is 0 Å². The maximum atomic E-state index is 0. The molecule has 5 heavy (non-hydrogen) atoms. The molecule has 26 valence electrons. The summed E-state index contributed by atoms with van der Waals surface area (Å²) in [5.41, 5.74) is 0. The molecule has 0 heterocycles. The predicted molar refractivity (Wildman–Crippen MR) is 22.9 cm³/mol. The largest absolute Gasteiger partial charge is 0.316 e. The van der Waals surface area contributed by atoms with Crippen molar-refractivity contribution in [2.24, 2.45) is 0 Å². The van der Waals surface area contributed by atoms with E-state index in [2.05, 4.69) is 0 Å². The van der Waals surface area contributed by atoms with Crippen LogP contribution in [0.5, 0.6) is 0 Å². The van der Waals surface area contributed by atoms with Gasteiger partial charge in [-0.25, -0.2) is 0 Å². The van der Waals surface area contributed by atoms with Crippen LogP contribution in [0.3, 0.4) is 0 Å². The molecule has 0 saturated carbocycles. The van der Waals surface area contributed by atoms with Crippen molar-refractivity contribution in [2.75, 3.05) is 0 Å². The molecule has 0 aliphatic rings. The van der Waals surface area contributed by atoms with Crippen molar-refractivity contribution in [1.29, 1.82) is 0 Å². The second-order valence-electron chi connectivity index (χ2n) is 0. The van der Waals surface area contributed by atoms with Gasteiger partial charge < -0.3 is 11.0 Å². The molecule has 0 radical (unpaired) electrons. The third-order valence-electron chi connectivity index (χ3n) is 0. The maximum Gasteiger partial charge on any atom is 0.316 e. The molecule has 0 aromatic heterocycles. The summed E-state index contributed by atoms with van der Waals surface area (Å²) in [6.45, 7) is 0. The monoisotopic (exact) mass is 192 g/mol. The van der Waals surface area contributed by atoms with Crippen molar-refractivity contribution in [3.8, 4) is 0 Å². The van der Waals surface area contributed by atoms with E-state index in [1.54, 1.807) is 0 Å². The van der Waals surface area contributed by atoms with Gasteiger partial charge in [0.2, 0.25) is 0 Å². The molecule has 0 rings (SSSR count). The average Bonchev–Trinajstić information content (AvgIpc) is 0. The average molecular weight is 194 g/mol. The van der Waals surface area contributed by atoms with Crippen LogP contribution in [0, 0.1) is 0 Å². The van der Waals surface area contributed by atoms with Gasteiger partial charge in [-0.2, -0.15) is 0 Å². The molecular weight excluding hydrogens is 187 g/mol. The first-order valence-electron chi connectivity index (χ1n) is 0. The van der Waals surface area contributed by atoms with E-state index < -0.39 is 0 Å². The fraction of sp³-hybridized carbons (Fsp3) is 0. The minimum absolute atomic E-state index is 0. The van der Waals surface area contributed by atoms with E-state index in [1.807, 2.05) is 0 Å². The van der Waals surface area contributed by atoms with E-state index in [1.165, 1.54) is 0 Å². The summed E-state index contributed by atoms with van der Waals surface area (Å²) >= 11 is 0. The second-order valence-corrected chi connectivity index (χ2v) is 0. The van der Waals surface area contributed by atoms with Gasteiger partial charge >= 0.3 is 74.4 Å². The van der Waals surface area contributed by atoms with Gasteiger partial charge in [-0.05, 0) is 0 Å². The quantitative estimate of drug-likeness (QED) is 0.364. The summed E-state index contributed by atoms with van der Waals surface area (Å²) < 4.78 is 0. The molecule has 0 aromatic carbocycles. The zero-order chi connectivity index (χ0) is 0. The van der Waals surface area contributed by atoms with E-state index in [-0.39, 0.29) is 112 Å².